The third kappa shape index (κ3) is 3.49. The summed E-state index contributed by atoms with van der Waals surface area (Å²) in [6.45, 7) is 2.62. The van der Waals surface area contributed by atoms with Gasteiger partial charge in [0.15, 0.2) is 0 Å². The van der Waals surface area contributed by atoms with Crippen molar-refractivity contribution in [2.75, 3.05) is 0 Å². The molecule has 0 spiro atoms. The van der Waals surface area contributed by atoms with E-state index >= 15 is 0 Å². The van der Waals surface area contributed by atoms with E-state index in [1.54, 1.807) is 0 Å². The van der Waals surface area contributed by atoms with Gasteiger partial charge in [-0.3, -0.25) is 4.79 Å². The van der Waals surface area contributed by atoms with Gasteiger partial charge >= 0.3 is 0 Å². The van der Waals surface area contributed by atoms with Crippen LogP contribution in [0.3, 0.4) is 0 Å². The molecule has 0 amide bonds. The summed E-state index contributed by atoms with van der Waals surface area (Å²) in [5, 5.41) is 3.36. The van der Waals surface area contributed by atoms with Gasteiger partial charge in [0, 0.05) is 51.1 Å². The standard InChI is InChI=1S/C34H27N3O/c1-22-24-13-7-10-18-31(24)37(21-23-11-3-2-4-12-23)34(38)32(22)33(27-19-35-29-16-8-5-14-25(27)29)28-20-36-30-17-9-6-15-26(28)30/h2-20,33,35-36H,21H2,1H3. The average molecular weight is 494 g/mol. The molecule has 0 aliphatic heterocycles. The normalized spacial score (nSPS) is 11.7. The number of rotatable bonds is 5. The zero-order chi connectivity index (χ0) is 25.6. The third-order valence-electron chi connectivity index (χ3n) is 7.82. The summed E-state index contributed by atoms with van der Waals surface area (Å²) in [5.41, 5.74) is 8.28. The van der Waals surface area contributed by atoms with Gasteiger partial charge in [-0.2, -0.15) is 0 Å². The van der Waals surface area contributed by atoms with E-state index in [9.17, 15) is 4.79 Å². The molecule has 7 rings (SSSR count). The summed E-state index contributed by atoms with van der Waals surface area (Å²) in [5.74, 6) is -0.249. The van der Waals surface area contributed by atoms with E-state index in [0.717, 1.165) is 60.5 Å². The molecule has 3 aromatic heterocycles. The quantitative estimate of drug-likeness (QED) is 0.256. The van der Waals surface area contributed by atoms with Crippen LogP contribution < -0.4 is 5.56 Å². The molecule has 184 valence electrons. The lowest BCUT2D eigenvalue weighted by atomic mass is 9.82. The molecule has 0 unspecified atom stereocenters. The molecule has 0 bridgehead atoms. The van der Waals surface area contributed by atoms with Gasteiger partial charge in [0.05, 0.1) is 12.1 Å². The minimum Gasteiger partial charge on any atom is -0.361 e. The number of pyridine rings is 1. The Labute approximate surface area is 220 Å². The van der Waals surface area contributed by atoms with Gasteiger partial charge in [0.25, 0.3) is 5.56 Å². The Kier molecular flexibility index (Phi) is 5.26. The summed E-state index contributed by atoms with van der Waals surface area (Å²) >= 11 is 0. The van der Waals surface area contributed by atoms with Gasteiger partial charge in [-0.05, 0) is 47.4 Å². The highest BCUT2D eigenvalue weighted by Crippen LogP contribution is 2.40. The maximum absolute atomic E-state index is 14.7. The van der Waals surface area contributed by atoms with Gasteiger partial charge in [0.2, 0.25) is 0 Å². The average Bonchev–Trinajstić information content (AvgIpc) is 3.59. The topological polar surface area (TPSA) is 53.6 Å². The highest BCUT2D eigenvalue weighted by atomic mass is 16.1. The molecule has 4 aromatic carbocycles. The molecule has 38 heavy (non-hydrogen) atoms. The molecule has 0 aliphatic carbocycles. The van der Waals surface area contributed by atoms with Crippen LogP contribution in [0.4, 0.5) is 0 Å². The van der Waals surface area contributed by atoms with Crippen LogP contribution in [0.25, 0.3) is 32.7 Å². The number of fused-ring (bicyclic) bond motifs is 3. The van der Waals surface area contributed by atoms with E-state index in [1.165, 1.54) is 0 Å². The van der Waals surface area contributed by atoms with Gasteiger partial charge in [0.1, 0.15) is 0 Å². The Morgan fingerprint density at radius 3 is 1.82 bits per heavy atom. The van der Waals surface area contributed by atoms with Crippen molar-refractivity contribution in [3.63, 3.8) is 0 Å². The van der Waals surface area contributed by atoms with Crippen LogP contribution >= 0.6 is 0 Å². The molecule has 4 nitrogen and oxygen atoms in total. The van der Waals surface area contributed by atoms with Crippen LogP contribution in [0.1, 0.15) is 33.7 Å². The highest BCUT2D eigenvalue weighted by Gasteiger charge is 2.29. The Bertz CT molecular complexity index is 1920. The zero-order valence-corrected chi connectivity index (χ0v) is 21.1. The fourth-order valence-electron chi connectivity index (χ4n) is 5.99. The van der Waals surface area contributed by atoms with Gasteiger partial charge < -0.3 is 14.5 Å². The number of benzene rings is 4. The maximum Gasteiger partial charge on any atom is 0.255 e. The largest absolute Gasteiger partial charge is 0.361 e. The Morgan fingerprint density at radius 1 is 0.658 bits per heavy atom. The molecule has 4 heteroatoms. The maximum atomic E-state index is 14.7. The van der Waals surface area contributed by atoms with Gasteiger partial charge in [-0.15, -0.1) is 0 Å². The Morgan fingerprint density at radius 2 is 1.18 bits per heavy atom. The molecular formula is C34H27N3O. The number of nitrogens with one attached hydrogen (secondary N) is 2. The molecule has 0 fully saturated rings. The molecule has 0 atom stereocenters. The Balaban J connectivity index is 1.58. The van der Waals surface area contributed by atoms with Crippen LogP contribution in [0, 0.1) is 6.92 Å². The van der Waals surface area contributed by atoms with E-state index in [0.29, 0.717) is 6.54 Å². The third-order valence-corrected chi connectivity index (χ3v) is 7.82. The smallest absolute Gasteiger partial charge is 0.255 e. The van der Waals surface area contributed by atoms with Gasteiger partial charge in [-0.25, -0.2) is 0 Å². The van der Waals surface area contributed by atoms with Crippen molar-refractivity contribution < 1.29 is 0 Å². The lowest BCUT2D eigenvalue weighted by molar-refractivity contribution is 0.769. The van der Waals surface area contributed by atoms with Crippen LogP contribution in [0.15, 0.2) is 120 Å². The summed E-state index contributed by atoms with van der Waals surface area (Å²) in [7, 11) is 0. The van der Waals surface area contributed by atoms with E-state index in [1.807, 2.05) is 41.0 Å². The van der Waals surface area contributed by atoms with Crippen molar-refractivity contribution in [2.45, 2.75) is 19.4 Å². The number of H-pyrrole nitrogens is 2. The van der Waals surface area contributed by atoms with Crippen molar-refractivity contribution in [2.24, 2.45) is 0 Å². The summed E-state index contributed by atoms with van der Waals surface area (Å²) in [4.78, 5) is 21.6. The van der Waals surface area contributed by atoms with Crippen LogP contribution in [-0.2, 0) is 6.54 Å². The lowest BCUT2D eigenvalue weighted by Gasteiger charge is -2.23. The van der Waals surface area contributed by atoms with Crippen molar-refractivity contribution in [1.29, 1.82) is 0 Å². The fraction of sp³-hybridized carbons (Fsp3) is 0.0882. The number of nitrogens with zero attached hydrogens (tertiary/aromatic N) is 1. The molecular weight excluding hydrogens is 466 g/mol. The first kappa shape index (κ1) is 22.4. The number of hydrogen-bond acceptors (Lipinski definition) is 1. The first-order valence-electron chi connectivity index (χ1n) is 13.0. The Hall–Kier alpha value is -4.83. The molecule has 0 radical (unpaired) electrons. The monoisotopic (exact) mass is 493 g/mol. The SMILES string of the molecule is Cc1c(C(c2c[nH]c3ccccc23)c2c[nH]c3ccccc23)c(=O)n(Cc2ccccc2)c2ccccc12. The van der Waals surface area contributed by atoms with E-state index in [-0.39, 0.29) is 11.5 Å². The van der Waals surface area contributed by atoms with Crippen molar-refractivity contribution in [3.05, 3.63) is 154 Å². The number of para-hydroxylation sites is 3. The first-order valence-corrected chi connectivity index (χ1v) is 13.0. The van der Waals surface area contributed by atoms with E-state index in [2.05, 4.69) is 96.0 Å². The van der Waals surface area contributed by atoms with Crippen LogP contribution in [0.5, 0.6) is 0 Å². The summed E-state index contributed by atoms with van der Waals surface area (Å²) in [6.07, 6.45) is 4.15. The van der Waals surface area contributed by atoms with E-state index < -0.39 is 0 Å². The first-order chi connectivity index (χ1) is 18.7. The molecule has 0 aliphatic rings. The minimum absolute atomic E-state index is 0.0469. The van der Waals surface area contributed by atoms with Crippen LogP contribution in [-0.4, -0.2) is 14.5 Å². The second-order valence-corrected chi connectivity index (χ2v) is 9.94. The second-order valence-electron chi connectivity index (χ2n) is 9.94. The number of hydrogen-bond donors (Lipinski definition) is 2. The van der Waals surface area contributed by atoms with Gasteiger partial charge in [-0.1, -0.05) is 84.9 Å². The molecule has 0 saturated carbocycles. The second kappa shape index (κ2) is 8.93. The molecule has 7 aromatic rings. The predicted octanol–water partition coefficient (Wildman–Crippen LogP) is 7.50. The molecule has 2 N–H and O–H groups in total. The fourth-order valence-corrected chi connectivity index (χ4v) is 5.99. The van der Waals surface area contributed by atoms with Crippen molar-refractivity contribution in [1.82, 2.24) is 14.5 Å². The number of aromatic nitrogens is 3. The van der Waals surface area contributed by atoms with Crippen molar-refractivity contribution in [3.8, 4) is 0 Å². The van der Waals surface area contributed by atoms with Crippen molar-refractivity contribution >= 4 is 32.7 Å². The number of aromatic amines is 2. The van der Waals surface area contributed by atoms with Crippen LogP contribution in [0.2, 0.25) is 0 Å². The highest BCUT2D eigenvalue weighted by molar-refractivity contribution is 5.90. The summed E-state index contributed by atoms with van der Waals surface area (Å²) in [6, 6.07) is 35.2. The predicted molar refractivity (Wildman–Crippen MR) is 156 cm³/mol. The summed E-state index contributed by atoms with van der Waals surface area (Å²) < 4.78 is 1.95. The lowest BCUT2D eigenvalue weighted by Crippen LogP contribution is -2.28. The molecule has 0 saturated heterocycles. The number of aryl methyl sites for hydroxylation is 1. The minimum atomic E-state index is -0.249. The van der Waals surface area contributed by atoms with E-state index in [4.69, 9.17) is 0 Å². The molecule has 3 heterocycles. The zero-order valence-electron chi connectivity index (χ0n) is 21.1.